The van der Waals surface area contributed by atoms with Crippen molar-refractivity contribution in [1.29, 1.82) is 0 Å². The molecule has 0 aromatic heterocycles. The van der Waals surface area contributed by atoms with Crippen molar-refractivity contribution < 1.29 is 14.3 Å². The van der Waals surface area contributed by atoms with E-state index in [1.54, 1.807) is 0 Å². The number of rotatable bonds is 3. The molecule has 118 valence electrons. The summed E-state index contributed by atoms with van der Waals surface area (Å²) in [5.74, 6) is 0.0862. The predicted molar refractivity (Wildman–Crippen MR) is 84.1 cm³/mol. The van der Waals surface area contributed by atoms with Crippen LogP contribution in [0.5, 0.6) is 0 Å². The van der Waals surface area contributed by atoms with Crippen LogP contribution in [0.25, 0.3) is 0 Å². The summed E-state index contributed by atoms with van der Waals surface area (Å²) in [7, 11) is 0. The summed E-state index contributed by atoms with van der Waals surface area (Å²) in [6.07, 6.45) is 5.92. The largest absolute Gasteiger partial charge is 0.379 e. The highest BCUT2D eigenvalue weighted by molar-refractivity contribution is 5.97. The van der Waals surface area contributed by atoms with E-state index in [0.717, 1.165) is 25.3 Å². The minimum absolute atomic E-state index is 0.0854. The van der Waals surface area contributed by atoms with Gasteiger partial charge in [0.25, 0.3) is 5.91 Å². The molecule has 1 atom stereocenters. The third-order valence-electron chi connectivity index (χ3n) is 5.42. The van der Waals surface area contributed by atoms with E-state index in [4.69, 9.17) is 9.47 Å². The van der Waals surface area contributed by atoms with Gasteiger partial charge < -0.3 is 14.4 Å². The molecule has 4 nitrogen and oxygen atoms in total. The van der Waals surface area contributed by atoms with Gasteiger partial charge in [0.05, 0.1) is 12.7 Å². The number of anilines is 1. The van der Waals surface area contributed by atoms with Gasteiger partial charge in [0.2, 0.25) is 0 Å². The lowest BCUT2D eigenvalue weighted by Gasteiger charge is -2.25. The lowest BCUT2D eigenvalue weighted by atomic mass is 9.81. The molecule has 1 saturated carbocycles. The van der Waals surface area contributed by atoms with Gasteiger partial charge in [-0.25, -0.2) is 0 Å². The first-order chi connectivity index (χ1) is 10.8. The van der Waals surface area contributed by atoms with E-state index in [-0.39, 0.29) is 24.0 Å². The topological polar surface area (TPSA) is 38.8 Å². The summed E-state index contributed by atoms with van der Waals surface area (Å²) in [6, 6.07) is 8.41. The molecule has 22 heavy (non-hydrogen) atoms. The van der Waals surface area contributed by atoms with Crippen molar-refractivity contribution in [2.45, 2.75) is 43.6 Å². The molecule has 4 heteroatoms. The first kappa shape index (κ1) is 14.2. The highest BCUT2D eigenvalue weighted by Crippen LogP contribution is 2.50. The summed E-state index contributed by atoms with van der Waals surface area (Å²) >= 11 is 0. The van der Waals surface area contributed by atoms with Crippen LogP contribution in [0.1, 0.15) is 37.7 Å². The zero-order valence-electron chi connectivity index (χ0n) is 12.9. The van der Waals surface area contributed by atoms with Crippen LogP contribution in [-0.2, 0) is 19.7 Å². The number of para-hydroxylation sites is 1. The molecule has 1 amide bonds. The average molecular weight is 301 g/mol. The zero-order chi connectivity index (χ0) is 15.0. The Balaban J connectivity index is 1.51. The van der Waals surface area contributed by atoms with Gasteiger partial charge in [-0.1, -0.05) is 31.0 Å². The number of hydrogen-bond acceptors (Lipinski definition) is 3. The molecule has 0 N–H and O–H groups in total. The van der Waals surface area contributed by atoms with Crippen LogP contribution in [0.2, 0.25) is 0 Å². The van der Waals surface area contributed by atoms with Gasteiger partial charge in [0.15, 0.2) is 0 Å². The van der Waals surface area contributed by atoms with Crippen LogP contribution >= 0.6 is 0 Å². The minimum Gasteiger partial charge on any atom is -0.379 e. The molecular formula is C18H23NO3. The van der Waals surface area contributed by atoms with Gasteiger partial charge in [-0.2, -0.15) is 0 Å². The highest BCUT2D eigenvalue weighted by atomic mass is 16.5. The molecule has 1 saturated heterocycles. The van der Waals surface area contributed by atoms with Gasteiger partial charge in [0, 0.05) is 24.3 Å². The molecule has 4 rings (SSSR count). The van der Waals surface area contributed by atoms with E-state index < -0.39 is 0 Å². The van der Waals surface area contributed by atoms with E-state index >= 15 is 0 Å². The third-order valence-corrected chi connectivity index (χ3v) is 5.42. The Morgan fingerprint density at radius 1 is 1.32 bits per heavy atom. The van der Waals surface area contributed by atoms with E-state index in [2.05, 4.69) is 18.2 Å². The Bertz CT molecular complexity index is 559. The first-order valence-corrected chi connectivity index (χ1v) is 8.38. The Kier molecular flexibility index (Phi) is 3.66. The molecule has 1 aliphatic carbocycles. The minimum atomic E-state index is 0.0854. The number of benzene rings is 1. The van der Waals surface area contributed by atoms with E-state index in [9.17, 15) is 4.79 Å². The number of amides is 1. The van der Waals surface area contributed by atoms with Crippen LogP contribution in [0.4, 0.5) is 5.69 Å². The number of ether oxygens (including phenoxy) is 2. The lowest BCUT2D eigenvalue weighted by molar-refractivity contribution is -0.125. The van der Waals surface area contributed by atoms with Gasteiger partial charge in [-0.3, -0.25) is 4.79 Å². The molecule has 0 bridgehead atoms. The second-order valence-corrected chi connectivity index (χ2v) is 6.78. The van der Waals surface area contributed by atoms with Crippen LogP contribution in [-0.4, -0.2) is 38.4 Å². The van der Waals surface area contributed by atoms with Crippen LogP contribution in [0.3, 0.4) is 0 Å². The first-order valence-electron chi connectivity index (χ1n) is 8.38. The van der Waals surface area contributed by atoms with Crippen molar-refractivity contribution in [3.8, 4) is 0 Å². The van der Waals surface area contributed by atoms with Crippen LogP contribution in [0, 0.1) is 0 Å². The van der Waals surface area contributed by atoms with Gasteiger partial charge >= 0.3 is 0 Å². The lowest BCUT2D eigenvalue weighted by Crippen LogP contribution is -2.38. The van der Waals surface area contributed by atoms with Crippen molar-refractivity contribution in [3.63, 3.8) is 0 Å². The number of carbonyl (C=O) groups is 1. The summed E-state index contributed by atoms with van der Waals surface area (Å²) in [5.41, 5.74) is 2.66. The summed E-state index contributed by atoms with van der Waals surface area (Å²) in [6.45, 7) is 2.36. The van der Waals surface area contributed by atoms with Crippen molar-refractivity contribution in [1.82, 2.24) is 0 Å². The second-order valence-electron chi connectivity index (χ2n) is 6.78. The molecule has 2 fully saturated rings. The fourth-order valence-electron chi connectivity index (χ4n) is 4.24. The van der Waals surface area contributed by atoms with E-state index in [0.29, 0.717) is 6.61 Å². The quantitative estimate of drug-likeness (QED) is 0.861. The van der Waals surface area contributed by atoms with E-state index in [1.807, 2.05) is 11.0 Å². The Morgan fingerprint density at radius 2 is 2.14 bits per heavy atom. The van der Waals surface area contributed by atoms with Crippen LogP contribution < -0.4 is 4.90 Å². The van der Waals surface area contributed by atoms with Crippen LogP contribution in [0.15, 0.2) is 24.3 Å². The fourth-order valence-corrected chi connectivity index (χ4v) is 4.24. The van der Waals surface area contributed by atoms with Crippen molar-refractivity contribution in [2.75, 3.05) is 31.3 Å². The van der Waals surface area contributed by atoms with Crippen molar-refractivity contribution >= 4 is 11.6 Å². The van der Waals surface area contributed by atoms with Gasteiger partial charge in [-0.05, 0) is 30.9 Å². The van der Waals surface area contributed by atoms with Crippen molar-refractivity contribution in [2.24, 2.45) is 0 Å². The SMILES string of the molecule is O=C(COC1CCOC1)N1CC2(CCCC2)c2ccccc21. The molecule has 1 aromatic carbocycles. The summed E-state index contributed by atoms with van der Waals surface area (Å²) in [5, 5.41) is 0. The zero-order valence-corrected chi connectivity index (χ0v) is 12.9. The molecule has 2 aliphatic heterocycles. The maximum absolute atomic E-state index is 12.7. The van der Waals surface area contributed by atoms with Gasteiger partial charge in [-0.15, -0.1) is 0 Å². The molecule has 1 unspecified atom stereocenters. The average Bonchev–Trinajstić information content (AvgIpc) is 3.28. The normalized spacial score (nSPS) is 25.8. The van der Waals surface area contributed by atoms with Gasteiger partial charge in [0.1, 0.15) is 6.61 Å². The molecule has 3 aliphatic rings. The molecule has 1 spiro atoms. The molecule has 1 aromatic rings. The Labute approximate surface area is 131 Å². The maximum Gasteiger partial charge on any atom is 0.253 e. The number of hydrogen-bond donors (Lipinski definition) is 0. The summed E-state index contributed by atoms with van der Waals surface area (Å²) < 4.78 is 11.0. The Morgan fingerprint density at radius 3 is 2.91 bits per heavy atom. The maximum atomic E-state index is 12.7. The molecule has 0 radical (unpaired) electrons. The fraction of sp³-hybridized carbons (Fsp3) is 0.611. The monoisotopic (exact) mass is 301 g/mol. The Hall–Kier alpha value is -1.39. The number of fused-ring (bicyclic) bond motifs is 2. The molecule has 2 heterocycles. The van der Waals surface area contributed by atoms with E-state index in [1.165, 1.54) is 31.2 Å². The standard InChI is InChI=1S/C18H23NO3/c20-17(12-22-14-7-10-21-11-14)19-13-18(8-3-4-9-18)15-5-1-2-6-16(15)19/h1-2,5-6,14H,3-4,7-13H2. The smallest absolute Gasteiger partial charge is 0.253 e. The third kappa shape index (κ3) is 2.34. The second kappa shape index (κ2) is 5.67. The highest BCUT2D eigenvalue weighted by Gasteiger charge is 2.45. The predicted octanol–water partition coefficient (Wildman–Crippen LogP) is 2.65. The number of carbonyl (C=O) groups excluding carboxylic acids is 1. The van der Waals surface area contributed by atoms with Crippen molar-refractivity contribution in [3.05, 3.63) is 29.8 Å². The number of nitrogens with zero attached hydrogens (tertiary/aromatic N) is 1. The summed E-state index contributed by atoms with van der Waals surface area (Å²) in [4.78, 5) is 14.6. The molecular weight excluding hydrogens is 278 g/mol.